The summed E-state index contributed by atoms with van der Waals surface area (Å²) in [5.74, 6) is 0.144. The normalized spacial score (nSPS) is 17.3. The lowest BCUT2D eigenvalue weighted by Gasteiger charge is -2.34. The van der Waals surface area contributed by atoms with Crippen molar-refractivity contribution in [1.82, 2.24) is 14.9 Å². The number of hydrogen-bond acceptors (Lipinski definition) is 7. The molecule has 0 aliphatic carbocycles. The summed E-state index contributed by atoms with van der Waals surface area (Å²) in [5, 5.41) is 0. The lowest BCUT2D eigenvalue weighted by molar-refractivity contribution is -0.126. The minimum Gasteiger partial charge on any atom is -0.338 e. The highest BCUT2D eigenvalue weighted by molar-refractivity contribution is 9.10. The van der Waals surface area contributed by atoms with Gasteiger partial charge in [-0.1, -0.05) is 12.1 Å². The smallest absolute Gasteiger partial charge is 0.234 e. The summed E-state index contributed by atoms with van der Waals surface area (Å²) < 4.78 is 0.867. The molecule has 0 unspecified atom stereocenters. The van der Waals surface area contributed by atoms with E-state index in [0.29, 0.717) is 24.1 Å². The molecule has 0 radical (unpaired) electrons. The molecular weight excluding hydrogens is 474 g/mol. The zero-order chi connectivity index (χ0) is 22.5. The number of rotatable bonds is 6. The van der Waals surface area contributed by atoms with Gasteiger partial charge < -0.3 is 4.90 Å². The van der Waals surface area contributed by atoms with Gasteiger partial charge in [0.1, 0.15) is 0 Å². The van der Waals surface area contributed by atoms with Crippen molar-refractivity contribution in [2.45, 2.75) is 32.1 Å². The number of amides is 2. The van der Waals surface area contributed by atoms with Crippen LogP contribution in [0.4, 0.5) is 11.6 Å². The van der Waals surface area contributed by atoms with E-state index in [-0.39, 0.29) is 30.4 Å². The Morgan fingerprint density at radius 2 is 1.69 bits per heavy atom. The Hall–Kier alpha value is -2.65. The molecule has 0 saturated carbocycles. The first-order chi connectivity index (χ1) is 15.5. The summed E-state index contributed by atoms with van der Waals surface area (Å²) in [6.45, 7) is 4.49. The van der Waals surface area contributed by atoms with Gasteiger partial charge in [-0.05, 0) is 47.4 Å². The third-order valence-electron chi connectivity index (χ3n) is 5.89. The highest BCUT2D eigenvalue weighted by atomic mass is 79.9. The number of unbranched alkanes of at least 4 members (excludes halogenated alkanes) is 1. The quantitative estimate of drug-likeness (QED) is 0.564. The highest BCUT2D eigenvalue weighted by Crippen LogP contribution is 2.27. The number of para-hydroxylation sites is 1. The zero-order valence-electron chi connectivity index (χ0n) is 17.9. The number of aromatic nitrogens is 2. The third kappa shape index (κ3) is 5.21. The second-order valence-corrected chi connectivity index (χ2v) is 8.97. The molecule has 9 heteroatoms. The van der Waals surface area contributed by atoms with Gasteiger partial charge in [0, 0.05) is 63.4 Å². The Morgan fingerprint density at radius 3 is 2.44 bits per heavy atom. The maximum Gasteiger partial charge on any atom is 0.234 e. The van der Waals surface area contributed by atoms with Gasteiger partial charge in [-0.25, -0.2) is 14.9 Å². The Bertz CT molecular complexity index is 989. The fourth-order valence-electron chi connectivity index (χ4n) is 4.14. The molecule has 2 aliphatic heterocycles. The molecule has 2 aromatic rings. The summed E-state index contributed by atoms with van der Waals surface area (Å²) in [6.07, 6.45) is 5.62. The minimum atomic E-state index is -0.292. The van der Waals surface area contributed by atoms with E-state index in [1.165, 1.54) is 4.90 Å². The van der Waals surface area contributed by atoms with Crippen molar-refractivity contribution in [1.29, 1.82) is 0 Å². The van der Waals surface area contributed by atoms with Gasteiger partial charge in [-0.3, -0.25) is 19.3 Å². The topological polar surface area (TPSA) is 86.7 Å². The zero-order valence-corrected chi connectivity index (χ0v) is 19.5. The van der Waals surface area contributed by atoms with E-state index < -0.39 is 0 Å². The number of fused-ring (bicyclic) bond motifs is 1. The van der Waals surface area contributed by atoms with E-state index >= 15 is 0 Å². The van der Waals surface area contributed by atoms with Crippen molar-refractivity contribution in [2.75, 3.05) is 42.5 Å². The fraction of sp³-hybridized carbons (Fsp3) is 0.435. The molecule has 0 spiro atoms. The lowest BCUT2D eigenvalue weighted by Crippen LogP contribution is -2.47. The SMILES string of the molecule is O=C1CCC(=O)N(C(=O)CCCCN2CCN(c3ncc(Br)cn3)CC2)c2ccccc21. The van der Waals surface area contributed by atoms with Crippen molar-refractivity contribution in [2.24, 2.45) is 0 Å². The van der Waals surface area contributed by atoms with Crippen LogP contribution in [0.15, 0.2) is 41.1 Å². The van der Waals surface area contributed by atoms with Crippen LogP contribution in [0.3, 0.4) is 0 Å². The average Bonchev–Trinajstić information content (AvgIpc) is 2.94. The number of hydrogen-bond donors (Lipinski definition) is 0. The van der Waals surface area contributed by atoms with Gasteiger partial charge in [0.2, 0.25) is 17.8 Å². The molecular formula is C23H26BrN5O3. The number of benzene rings is 1. The van der Waals surface area contributed by atoms with Crippen molar-refractivity contribution in [3.8, 4) is 0 Å². The Labute approximate surface area is 195 Å². The van der Waals surface area contributed by atoms with E-state index in [0.717, 1.165) is 49.6 Å². The molecule has 168 valence electrons. The summed E-state index contributed by atoms with van der Waals surface area (Å²) >= 11 is 3.36. The van der Waals surface area contributed by atoms with Crippen molar-refractivity contribution in [3.63, 3.8) is 0 Å². The maximum atomic E-state index is 12.9. The monoisotopic (exact) mass is 499 g/mol. The van der Waals surface area contributed by atoms with E-state index in [4.69, 9.17) is 0 Å². The predicted octanol–water partition coefficient (Wildman–Crippen LogP) is 3.07. The largest absolute Gasteiger partial charge is 0.338 e. The first-order valence-corrected chi connectivity index (χ1v) is 11.7. The van der Waals surface area contributed by atoms with Crippen LogP contribution in [0.25, 0.3) is 0 Å². The van der Waals surface area contributed by atoms with Crippen molar-refractivity contribution in [3.05, 3.63) is 46.7 Å². The Balaban J connectivity index is 1.24. The van der Waals surface area contributed by atoms with Crippen LogP contribution in [-0.2, 0) is 9.59 Å². The van der Waals surface area contributed by atoms with Crippen LogP contribution >= 0.6 is 15.9 Å². The molecule has 1 aromatic heterocycles. The second kappa shape index (κ2) is 10.3. The summed E-state index contributed by atoms with van der Waals surface area (Å²) in [6, 6.07) is 6.89. The van der Waals surface area contributed by atoms with Gasteiger partial charge in [-0.15, -0.1) is 0 Å². The molecule has 1 aromatic carbocycles. The summed E-state index contributed by atoms with van der Waals surface area (Å²) in [5.41, 5.74) is 0.885. The van der Waals surface area contributed by atoms with Gasteiger partial charge in [-0.2, -0.15) is 0 Å². The van der Waals surface area contributed by atoms with Gasteiger partial charge in [0.25, 0.3) is 0 Å². The van der Waals surface area contributed by atoms with E-state index in [2.05, 4.69) is 35.7 Å². The van der Waals surface area contributed by atoms with E-state index in [9.17, 15) is 14.4 Å². The van der Waals surface area contributed by atoms with Crippen LogP contribution in [0.1, 0.15) is 42.5 Å². The molecule has 0 N–H and O–H groups in total. The third-order valence-corrected chi connectivity index (χ3v) is 6.30. The van der Waals surface area contributed by atoms with E-state index in [1.54, 1.807) is 36.7 Å². The number of imide groups is 1. The Kier molecular flexibility index (Phi) is 7.26. The van der Waals surface area contributed by atoms with Gasteiger partial charge >= 0.3 is 0 Å². The summed E-state index contributed by atoms with van der Waals surface area (Å²) in [4.78, 5) is 52.2. The number of carbonyl (C=O) groups excluding carboxylic acids is 3. The number of halogens is 1. The molecule has 32 heavy (non-hydrogen) atoms. The molecule has 1 fully saturated rings. The molecule has 2 aliphatic rings. The molecule has 0 bridgehead atoms. The summed E-state index contributed by atoms with van der Waals surface area (Å²) in [7, 11) is 0. The van der Waals surface area contributed by atoms with Crippen LogP contribution in [0.2, 0.25) is 0 Å². The molecule has 1 saturated heterocycles. The molecule has 4 rings (SSSR count). The molecule has 3 heterocycles. The predicted molar refractivity (Wildman–Crippen MR) is 125 cm³/mol. The second-order valence-electron chi connectivity index (χ2n) is 8.05. The van der Waals surface area contributed by atoms with Crippen LogP contribution < -0.4 is 9.80 Å². The number of carbonyl (C=O) groups is 3. The van der Waals surface area contributed by atoms with Crippen LogP contribution in [0, 0.1) is 0 Å². The van der Waals surface area contributed by atoms with Crippen LogP contribution in [0.5, 0.6) is 0 Å². The molecule has 2 amide bonds. The standard InChI is InChI=1S/C23H26BrN5O3/c24-17-15-25-23(26-16-17)28-13-11-27(12-14-28)10-4-3-7-21(31)29-19-6-2-1-5-18(19)20(30)8-9-22(29)32/h1-2,5-6,15-16H,3-4,7-14H2. The number of ketones is 1. The first kappa shape index (κ1) is 22.5. The average molecular weight is 500 g/mol. The minimum absolute atomic E-state index is 0.0750. The van der Waals surface area contributed by atoms with Gasteiger partial charge in [0.15, 0.2) is 5.78 Å². The molecule has 8 nitrogen and oxygen atoms in total. The highest BCUT2D eigenvalue weighted by Gasteiger charge is 2.30. The number of nitrogens with zero attached hydrogens (tertiary/aromatic N) is 5. The first-order valence-electron chi connectivity index (χ1n) is 11.0. The Morgan fingerprint density at radius 1 is 0.969 bits per heavy atom. The number of anilines is 2. The van der Waals surface area contributed by atoms with E-state index in [1.807, 2.05) is 0 Å². The maximum absolute atomic E-state index is 12.9. The molecule has 0 atom stereocenters. The van der Waals surface area contributed by atoms with Gasteiger partial charge in [0.05, 0.1) is 10.2 Å². The number of piperazine rings is 1. The number of Topliss-reactive ketones (excluding diaryl/α,β-unsaturated/α-hetero) is 1. The van der Waals surface area contributed by atoms with Crippen molar-refractivity contribution >= 4 is 45.2 Å². The van der Waals surface area contributed by atoms with Crippen molar-refractivity contribution < 1.29 is 14.4 Å². The lowest BCUT2D eigenvalue weighted by atomic mass is 10.1. The fourth-order valence-corrected chi connectivity index (χ4v) is 4.35. The van der Waals surface area contributed by atoms with Crippen LogP contribution in [-0.4, -0.2) is 65.2 Å².